The second kappa shape index (κ2) is 7.41. The topological polar surface area (TPSA) is 58.4 Å². The zero-order valence-electron chi connectivity index (χ0n) is 12.6. The van der Waals surface area contributed by atoms with Crippen LogP contribution in [0.1, 0.15) is 36.5 Å². The van der Waals surface area contributed by atoms with Gasteiger partial charge in [-0.05, 0) is 63.0 Å². The Balaban J connectivity index is 1.69. The van der Waals surface area contributed by atoms with E-state index in [9.17, 15) is 9.18 Å². The maximum atomic E-state index is 13.6. The number of nitrogens with zero attached hydrogens (tertiary/aromatic N) is 1. The summed E-state index contributed by atoms with van der Waals surface area (Å²) >= 11 is 0. The van der Waals surface area contributed by atoms with Gasteiger partial charge in [0, 0.05) is 12.2 Å². The molecular formula is C16H24FN3O. The van der Waals surface area contributed by atoms with Gasteiger partial charge in [-0.25, -0.2) is 4.39 Å². The molecule has 1 amide bonds. The van der Waals surface area contributed by atoms with Crippen LogP contribution in [-0.2, 0) is 0 Å². The minimum absolute atomic E-state index is 0.0518. The van der Waals surface area contributed by atoms with Crippen molar-refractivity contribution < 1.29 is 9.18 Å². The third-order valence-electron chi connectivity index (χ3n) is 4.05. The second-order valence-electron chi connectivity index (χ2n) is 5.87. The number of halogens is 1. The molecule has 4 nitrogen and oxygen atoms in total. The maximum absolute atomic E-state index is 13.6. The number of nitrogens with one attached hydrogen (secondary N) is 1. The normalized spacial score (nSPS) is 16.9. The summed E-state index contributed by atoms with van der Waals surface area (Å²) in [7, 11) is 0. The first-order valence-electron chi connectivity index (χ1n) is 7.62. The Labute approximate surface area is 125 Å². The van der Waals surface area contributed by atoms with Crippen molar-refractivity contribution in [1.82, 2.24) is 10.2 Å². The highest BCUT2D eigenvalue weighted by molar-refractivity contribution is 5.94. The zero-order chi connectivity index (χ0) is 15.2. The van der Waals surface area contributed by atoms with Crippen LogP contribution in [0.15, 0.2) is 18.2 Å². The summed E-state index contributed by atoms with van der Waals surface area (Å²) in [6.07, 6.45) is 3.39. The molecule has 0 aromatic heterocycles. The lowest BCUT2D eigenvalue weighted by Crippen LogP contribution is -2.35. The number of carbonyl (C=O) groups is 1. The van der Waals surface area contributed by atoms with Gasteiger partial charge < -0.3 is 16.0 Å². The van der Waals surface area contributed by atoms with E-state index in [-0.39, 0.29) is 11.5 Å². The van der Waals surface area contributed by atoms with Crippen LogP contribution < -0.4 is 11.1 Å². The Hall–Kier alpha value is -1.62. The molecule has 0 spiro atoms. The number of rotatable bonds is 5. The molecule has 1 fully saturated rings. The molecule has 2 rings (SSSR count). The highest BCUT2D eigenvalue weighted by Gasteiger charge is 2.15. The molecule has 0 unspecified atom stereocenters. The van der Waals surface area contributed by atoms with Gasteiger partial charge in [-0.3, -0.25) is 4.79 Å². The Kier molecular flexibility index (Phi) is 5.56. The van der Waals surface area contributed by atoms with E-state index in [1.165, 1.54) is 31.0 Å². The van der Waals surface area contributed by atoms with E-state index in [1.807, 2.05) is 0 Å². The fourth-order valence-electron chi connectivity index (χ4n) is 2.60. The number of benzene rings is 1. The molecule has 0 bridgehead atoms. The van der Waals surface area contributed by atoms with Crippen LogP contribution in [-0.4, -0.2) is 37.0 Å². The number of nitrogen functional groups attached to an aromatic ring is 1. The number of likely N-dealkylation sites (tertiary alicyclic amines) is 1. The Morgan fingerprint density at radius 1 is 1.43 bits per heavy atom. The van der Waals surface area contributed by atoms with Gasteiger partial charge in [-0.15, -0.1) is 0 Å². The van der Waals surface area contributed by atoms with Crippen molar-refractivity contribution in [3.63, 3.8) is 0 Å². The number of nitrogens with two attached hydrogens (primary N) is 1. The van der Waals surface area contributed by atoms with Gasteiger partial charge in [-0.1, -0.05) is 6.92 Å². The first-order valence-corrected chi connectivity index (χ1v) is 7.62. The first-order chi connectivity index (χ1) is 10.1. The van der Waals surface area contributed by atoms with Crippen molar-refractivity contribution in [3.05, 3.63) is 29.6 Å². The summed E-state index contributed by atoms with van der Waals surface area (Å²) in [5.41, 5.74) is 5.84. The minimum Gasteiger partial charge on any atom is -0.399 e. The lowest BCUT2D eigenvalue weighted by molar-refractivity contribution is 0.0946. The van der Waals surface area contributed by atoms with E-state index < -0.39 is 5.82 Å². The van der Waals surface area contributed by atoms with E-state index in [0.717, 1.165) is 32.0 Å². The predicted molar refractivity (Wildman–Crippen MR) is 82.6 cm³/mol. The zero-order valence-corrected chi connectivity index (χ0v) is 12.6. The average molecular weight is 293 g/mol. The fourth-order valence-corrected chi connectivity index (χ4v) is 2.60. The summed E-state index contributed by atoms with van der Waals surface area (Å²) in [6.45, 7) is 6.12. The fraction of sp³-hybridized carbons (Fsp3) is 0.562. The largest absolute Gasteiger partial charge is 0.399 e. The lowest BCUT2D eigenvalue weighted by atomic mass is 9.99. The Bertz CT molecular complexity index is 484. The molecule has 0 aliphatic carbocycles. The molecular weight excluding hydrogens is 269 g/mol. The van der Waals surface area contributed by atoms with Crippen LogP contribution in [0.25, 0.3) is 0 Å². The van der Waals surface area contributed by atoms with Crippen molar-refractivity contribution in [2.45, 2.75) is 26.2 Å². The first kappa shape index (κ1) is 15.8. The van der Waals surface area contributed by atoms with Gasteiger partial charge in [0.2, 0.25) is 0 Å². The van der Waals surface area contributed by atoms with Gasteiger partial charge in [0.25, 0.3) is 5.91 Å². The van der Waals surface area contributed by atoms with Crippen molar-refractivity contribution in [3.8, 4) is 0 Å². The van der Waals surface area contributed by atoms with Crippen LogP contribution in [0.5, 0.6) is 0 Å². The highest BCUT2D eigenvalue weighted by atomic mass is 19.1. The summed E-state index contributed by atoms with van der Waals surface area (Å²) in [5, 5.41) is 2.76. The minimum atomic E-state index is -0.572. The molecule has 21 heavy (non-hydrogen) atoms. The van der Waals surface area contributed by atoms with Gasteiger partial charge in [0.1, 0.15) is 5.82 Å². The van der Waals surface area contributed by atoms with Crippen molar-refractivity contribution in [1.29, 1.82) is 0 Å². The Morgan fingerprint density at radius 2 is 2.14 bits per heavy atom. The van der Waals surface area contributed by atoms with Gasteiger partial charge >= 0.3 is 0 Å². The van der Waals surface area contributed by atoms with E-state index in [0.29, 0.717) is 12.2 Å². The molecule has 1 aromatic rings. The molecule has 0 saturated carbocycles. The third kappa shape index (κ3) is 4.70. The smallest absolute Gasteiger partial charge is 0.254 e. The van der Waals surface area contributed by atoms with Crippen LogP contribution in [0, 0.1) is 11.7 Å². The van der Waals surface area contributed by atoms with E-state index in [1.54, 1.807) is 0 Å². The number of carbonyl (C=O) groups excluding carboxylic acids is 1. The van der Waals surface area contributed by atoms with E-state index in [2.05, 4.69) is 17.1 Å². The van der Waals surface area contributed by atoms with Crippen LogP contribution in [0.4, 0.5) is 10.1 Å². The standard InChI is InChI=1S/C16H24FN3O/c1-12-5-9-20(10-6-12)8-2-7-19-16(21)14-4-3-13(18)11-15(14)17/h3-4,11-12H,2,5-10,18H2,1H3,(H,19,21). The number of hydrogen-bond acceptors (Lipinski definition) is 3. The van der Waals surface area contributed by atoms with Crippen LogP contribution >= 0.6 is 0 Å². The molecule has 0 atom stereocenters. The number of amides is 1. The summed E-state index contributed by atoms with van der Waals surface area (Å²) in [4.78, 5) is 14.3. The summed E-state index contributed by atoms with van der Waals surface area (Å²) in [5.74, 6) is -0.119. The summed E-state index contributed by atoms with van der Waals surface area (Å²) < 4.78 is 13.6. The number of anilines is 1. The SMILES string of the molecule is CC1CCN(CCCNC(=O)c2ccc(N)cc2F)CC1. The average Bonchev–Trinajstić information content (AvgIpc) is 2.45. The molecule has 3 N–H and O–H groups in total. The quantitative estimate of drug-likeness (QED) is 0.647. The van der Waals surface area contributed by atoms with Gasteiger partial charge in [0.15, 0.2) is 0 Å². The molecule has 1 aliphatic rings. The molecule has 1 heterocycles. The number of piperidine rings is 1. The summed E-state index contributed by atoms with van der Waals surface area (Å²) in [6, 6.07) is 4.13. The Morgan fingerprint density at radius 3 is 2.81 bits per heavy atom. The molecule has 1 aliphatic heterocycles. The van der Waals surface area contributed by atoms with Crippen molar-refractivity contribution >= 4 is 11.6 Å². The van der Waals surface area contributed by atoms with Crippen molar-refractivity contribution in [2.24, 2.45) is 5.92 Å². The third-order valence-corrected chi connectivity index (χ3v) is 4.05. The van der Waals surface area contributed by atoms with Gasteiger partial charge in [0.05, 0.1) is 5.56 Å². The van der Waals surface area contributed by atoms with Gasteiger partial charge in [-0.2, -0.15) is 0 Å². The number of hydrogen-bond donors (Lipinski definition) is 2. The van der Waals surface area contributed by atoms with Crippen LogP contribution in [0.2, 0.25) is 0 Å². The molecule has 5 heteroatoms. The second-order valence-corrected chi connectivity index (χ2v) is 5.87. The van der Waals surface area contributed by atoms with Crippen molar-refractivity contribution in [2.75, 3.05) is 31.9 Å². The maximum Gasteiger partial charge on any atom is 0.254 e. The van der Waals surface area contributed by atoms with Crippen LogP contribution in [0.3, 0.4) is 0 Å². The molecule has 1 aromatic carbocycles. The highest BCUT2D eigenvalue weighted by Crippen LogP contribution is 2.15. The lowest BCUT2D eigenvalue weighted by Gasteiger charge is -2.30. The van der Waals surface area contributed by atoms with E-state index in [4.69, 9.17) is 5.73 Å². The predicted octanol–water partition coefficient (Wildman–Crippen LogP) is 2.26. The molecule has 1 saturated heterocycles. The molecule has 116 valence electrons. The molecule has 0 radical (unpaired) electrons. The monoisotopic (exact) mass is 293 g/mol. The van der Waals surface area contributed by atoms with E-state index >= 15 is 0 Å².